The van der Waals surface area contributed by atoms with Gasteiger partial charge in [-0.25, -0.2) is 9.40 Å². The minimum atomic E-state index is -0.602. The number of carbonyl (C=O) groups excluding carboxylic acids is 2. The van der Waals surface area contributed by atoms with Crippen molar-refractivity contribution in [2.45, 2.75) is 33.2 Å². The second kappa shape index (κ2) is 5.16. The van der Waals surface area contributed by atoms with Crippen LogP contribution in [0.5, 0.6) is 0 Å². The lowest BCUT2D eigenvalue weighted by Crippen LogP contribution is -2.55. The summed E-state index contributed by atoms with van der Waals surface area (Å²) >= 11 is 0. The second-order valence-corrected chi connectivity index (χ2v) is 4.99. The lowest BCUT2D eigenvalue weighted by Gasteiger charge is -2.35. The molecule has 0 aliphatic heterocycles. The van der Waals surface area contributed by atoms with Crippen molar-refractivity contribution in [3.63, 3.8) is 0 Å². The number of benzene rings is 1. The fourth-order valence-corrected chi connectivity index (χ4v) is 1.43. The second-order valence-electron chi connectivity index (χ2n) is 4.99. The Morgan fingerprint density at radius 2 is 1.89 bits per heavy atom. The van der Waals surface area contributed by atoms with Gasteiger partial charge in [-0.15, -0.1) is 0 Å². The number of rotatable bonds is 1. The number of carbonyl (C=O) groups is 2. The molecule has 1 rings (SSSR count). The van der Waals surface area contributed by atoms with Gasteiger partial charge in [0.2, 0.25) is 5.91 Å². The van der Waals surface area contributed by atoms with Crippen LogP contribution in [0, 0.1) is 5.82 Å². The predicted octanol–water partition coefficient (Wildman–Crippen LogP) is 2.12. The van der Waals surface area contributed by atoms with Crippen LogP contribution < -0.4 is 5.43 Å². The van der Waals surface area contributed by atoms with Crippen LogP contribution in [0.25, 0.3) is 0 Å². The van der Waals surface area contributed by atoms with Crippen LogP contribution in [-0.4, -0.2) is 22.4 Å². The Hall–Kier alpha value is -1.91. The maximum Gasteiger partial charge on any atom is 0.272 e. The molecule has 0 spiro atoms. The monoisotopic (exact) mass is 252 g/mol. The fourth-order valence-electron chi connectivity index (χ4n) is 1.43. The number of hydrazine groups is 1. The van der Waals surface area contributed by atoms with Gasteiger partial charge in [0.05, 0.1) is 5.54 Å². The summed E-state index contributed by atoms with van der Waals surface area (Å²) in [5.74, 6) is -1.29. The van der Waals surface area contributed by atoms with Gasteiger partial charge in [-0.05, 0) is 39.0 Å². The molecule has 0 aliphatic carbocycles. The first kappa shape index (κ1) is 14.2. The predicted molar refractivity (Wildman–Crippen MR) is 66.1 cm³/mol. The molecule has 5 heteroatoms. The lowest BCUT2D eigenvalue weighted by atomic mass is 10.1. The van der Waals surface area contributed by atoms with Crippen LogP contribution in [0.4, 0.5) is 4.39 Å². The maximum absolute atomic E-state index is 13.1. The van der Waals surface area contributed by atoms with E-state index >= 15 is 0 Å². The van der Waals surface area contributed by atoms with Crippen molar-refractivity contribution in [2.24, 2.45) is 0 Å². The minimum absolute atomic E-state index is 0.193. The van der Waals surface area contributed by atoms with Crippen molar-refractivity contribution >= 4 is 11.8 Å². The van der Waals surface area contributed by atoms with Crippen molar-refractivity contribution in [3.05, 3.63) is 35.6 Å². The summed E-state index contributed by atoms with van der Waals surface area (Å²) < 4.78 is 13.1. The summed E-state index contributed by atoms with van der Waals surface area (Å²) in [5.41, 5.74) is 2.05. The van der Waals surface area contributed by atoms with Gasteiger partial charge >= 0.3 is 0 Å². The Kier molecular flexibility index (Phi) is 4.06. The fraction of sp³-hybridized carbons (Fsp3) is 0.385. The highest BCUT2D eigenvalue weighted by molar-refractivity contribution is 5.95. The normalized spacial score (nSPS) is 10.9. The van der Waals surface area contributed by atoms with Crippen LogP contribution in [0.3, 0.4) is 0 Å². The number of hydrogen-bond donors (Lipinski definition) is 1. The van der Waals surface area contributed by atoms with Crippen LogP contribution >= 0.6 is 0 Å². The van der Waals surface area contributed by atoms with Gasteiger partial charge in [0.1, 0.15) is 5.82 Å². The van der Waals surface area contributed by atoms with Crippen molar-refractivity contribution in [2.75, 3.05) is 0 Å². The molecule has 2 amide bonds. The molecule has 0 atom stereocenters. The third kappa shape index (κ3) is 3.55. The SMILES string of the molecule is CC(=O)NN(C(=O)c1cccc(F)c1)C(C)(C)C. The summed E-state index contributed by atoms with van der Waals surface area (Å²) in [6, 6.07) is 5.36. The van der Waals surface area contributed by atoms with E-state index in [0.717, 1.165) is 6.07 Å². The zero-order valence-corrected chi connectivity index (χ0v) is 11.0. The molecule has 1 aromatic rings. The average Bonchev–Trinajstić information content (AvgIpc) is 2.23. The summed E-state index contributed by atoms with van der Waals surface area (Å²) in [5, 5.41) is 1.20. The van der Waals surface area contributed by atoms with Crippen molar-refractivity contribution in [1.29, 1.82) is 0 Å². The van der Waals surface area contributed by atoms with Crippen LogP contribution in [0.2, 0.25) is 0 Å². The first-order chi connectivity index (χ1) is 8.21. The van der Waals surface area contributed by atoms with E-state index in [-0.39, 0.29) is 11.5 Å². The summed E-state index contributed by atoms with van der Waals surface area (Å²) in [6.45, 7) is 6.65. The topological polar surface area (TPSA) is 49.4 Å². The summed E-state index contributed by atoms with van der Waals surface area (Å²) in [4.78, 5) is 23.3. The van der Waals surface area contributed by atoms with Gasteiger partial charge in [0, 0.05) is 12.5 Å². The van der Waals surface area contributed by atoms with E-state index < -0.39 is 17.3 Å². The third-order valence-corrected chi connectivity index (χ3v) is 2.21. The van der Waals surface area contributed by atoms with Gasteiger partial charge in [-0.2, -0.15) is 0 Å². The van der Waals surface area contributed by atoms with Crippen LogP contribution in [0.1, 0.15) is 38.1 Å². The molecule has 0 saturated carbocycles. The van der Waals surface area contributed by atoms with E-state index in [4.69, 9.17) is 0 Å². The zero-order chi connectivity index (χ0) is 13.9. The van der Waals surface area contributed by atoms with E-state index in [1.54, 1.807) is 20.8 Å². The van der Waals surface area contributed by atoms with Crippen molar-refractivity contribution in [1.82, 2.24) is 10.4 Å². The third-order valence-electron chi connectivity index (χ3n) is 2.21. The molecule has 18 heavy (non-hydrogen) atoms. The number of nitrogens with one attached hydrogen (secondary N) is 1. The molecular formula is C13H17FN2O2. The summed E-state index contributed by atoms with van der Waals surface area (Å²) in [7, 11) is 0. The van der Waals surface area contributed by atoms with E-state index in [0.29, 0.717) is 0 Å². The van der Waals surface area contributed by atoms with Crippen molar-refractivity contribution < 1.29 is 14.0 Å². The number of nitrogens with zero attached hydrogens (tertiary/aromatic N) is 1. The van der Waals surface area contributed by atoms with E-state index in [1.807, 2.05) is 0 Å². The first-order valence-electron chi connectivity index (χ1n) is 5.59. The van der Waals surface area contributed by atoms with Gasteiger partial charge in [-0.1, -0.05) is 6.07 Å². The number of hydrogen-bond acceptors (Lipinski definition) is 2. The Morgan fingerprint density at radius 1 is 1.28 bits per heavy atom. The summed E-state index contributed by atoms with van der Waals surface area (Å²) in [6.07, 6.45) is 0. The quantitative estimate of drug-likeness (QED) is 0.778. The highest BCUT2D eigenvalue weighted by Crippen LogP contribution is 2.15. The Morgan fingerprint density at radius 3 is 2.33 bits per heavy atom. The molecule has 0 radical (unpaired) electrons. The van der Waals surface area contributed by atoms with Gasteiger partial charge in [0.15, 0.2) is 0 Å². The van der Waals surface area contributed by atoms with Crippen LogP contribution in [-0.2, 0) is 4.79 Å². The van der Waals surface area contributed by atoms with Crippen LogP contribution in [0.15, 0.2) is 24.3 Å². The highest BCUT2D eigenvalue weighted by atomic mass is 19.1. The molecule has 0 aliphatic rings. The molecule has 0 saturated heterocycles. The van der Waals surface area contributed by atoms with Gasteiger partial charge in [0.25, 0.3) is 5.91 Å². The smallest absolute Gasteiger partial charge is 0.272 e. The van der Waals surface area contributed by atoms with Gasteiger partial charge < -0.3 is 0 Å². The van der Waals surface area contributed by atoms with E-state index in [2.05, 4.69) is 5.43 Å². The number of halogens is 1. The number of amides is 2. The maximum atomic E-state index is 13.1. The Labute approximate surface area is 106 Å². The van der Waals surface area contributed by atoms with Gasteiger partial charge in [-0.3, -0.25) is 15.0 Å². The van der Waals surface area contributed by atoms with Crippen molar-refractivity contribution in [3.8, 4) is 0 Å². The largest absolute Gasteiger partial charge is 0.274 e. The Bertz CT molecular complexity index is 466. The standard InChI is InChI=1S/C13H17FN2O2/c1-9(17)15-16(13(2,3)4)12(18)10-6-5-7-11(14)8-10/h5-8H,1-4H3,(H,15,17). The average molecular weight is 252 g/mol. The van der Waals surface area contributed by atoms with E-state index in [1.165, 1.54) is 30.1 Å². The molecule has 0 unspecified atom stereocenters. The molecule has 1 aromatic carbocycles. The highest BCUT2D eigenvalue weighted by Gasteiger charge is 2.28. The molecular weight excluding hydrogens is 235 g/mol. The molecule has 0 fully saturated rings. The zero-order valence-electron chi connectivity index (χ0n) is 11.0. The molecule has 1 N–H and O–H groups in total. The Balaban J connectivity index is 3.06. The molecule has 0 aromatic heterocycles. The lowest BCUT2D eigenvalue weighted by molar-refractivity contribution is -0.124. The molecule has 4 nitrogen and oxygen atoms in total. The molecule has 98 valence electrons. The molecule has 0 heterocycles. The first-order valence-corrected chi connectivity index (χ1v) is 5.59. The molecule has 0 bridgehead atoms. The van der Waals surface area contributed by atoms with E-state index in [9.17, 15) is 14.0 Å². The minimum Gasteiger partial charge on any atom is -0.274 e.